The number of para-hydroxylation sites is 1. The fourth-order valence-electron chi connectivity index (χ4n) is 2.04. The molecule has 1 heterocycles. The summed E-state index contributed by atoms with van der Waals surface area (Å²) < 4.78 is 38.4. The van der Waals surface area contributed by atoms with Gasteiger partial charge in [0.15, 0.2) is 5.78 Å². The van der Waals surface area contributed by atoms with Gasteiger partial charge in [-0.1, -0.05) is 12.1 Å². The molecule has 0 aliphatic carbocycles. The molecule has 1 aliphatic heterocycles. The number of carbonyl (C=O) groups is 2. The van der Waals surface area contributed by atoms with Crippen molar-refractivity contribution in [2.45, 2.75) is 19.0 Å². The topological polar surface area (TPSA) is 49.4 Å². The van der Waals surface area contributed by atoms with E-state index < -0.39 is 17.8 Å². The van der Waals surface area contributed by atoms with Crippen LogP contribution in [0, 0.1) is 0 Å². The highest BCUT2D eigenvalue weighted by Gasteiger charge is 2.34. The number of hydrogen-bond acceptors (Lipinski definition) is 2. The van der Waals surface area contributed by atoms with E-state index in [1.165, 1.54) is 23.1 Å². The lowest BCUT2D eigenvalue weighted by molar-refractivity contribution is -0.137. The predicted octanol–water partition coefficient (Wildman–Crippen LogP) is 2.90. The first-order chi connectivity index (χ1) is 9.38. The summed E-state index contributed by atoms with van der Waals surface area (Å²) >= 11 is 0. The van der Waals surface area contributed by atoms with Gasteiger partial charge in [0.05, 0.1) is 17.8 Å². The summed E-state index contributed by atoms with van der Waals surface area (Å²) in [6.45, 7) is 0.311. The minimum absolute atomic E-state index is 0.0555. The van der Waals surface area contributed by atoms with Crippen LogP contribution >= 0.6 is 0 Å². The normalized spacial score (nSPS) is 16.1. The second-order valence-corrected chi connectivity index (χ2v) is 4.54. The fourth-order valence-corrected chi connectivity index (χ4v) is 2.04. The van der Waals surface area contributed by atoms with Crippen molar-refractivity contribution in [3.8, 4) is 0 Å². The summed E-state index contributed by atoms with van der Waals surface area (Å²) in [6, 6.07) is 4.06. The molecule has 1 fully saturated rings. The van der Waals surface area contributed by atoms with E-state index in [2.05, 4.69) is 5.32 Å². The average Bonchev–Trinajstić information content (AvgIpc) is 2.38. The first kappa shape index (κ1) is 14.4. The Hall–Kier alpha value is -2.05. The fraction of sp³-hybridized carbons (Fsp3) is 0.385. The molecule has 20 heavy (non-hydrogen) atoms. The SMILES string of the molecule is O=C1CCCN(C(=O)Nc2ccccc2C(F)(F)F)C1. The molecule has 1 saturated heterocycles. The highest BCUT2D eigenvalue weighted by atomic mass is 19.4. The number of benzene rings is 1. The van der Waals surface area contributed by atoms with Gasteiger partial charge >= 0.3 is 12.2 Å². The summed E-state index contributed by atoms with van der Waals surface area (Å²) in [5, 5.41) is 2.22. The van der Waals surface area contributed by atoms with Gasteiger partial charge in [0.2, 0.25) is 0 Å². The third kappa shape index (κ3) is 3.28. The molecule has 0 bridgehead atoms. The van der Waals surface area contributed by atoms with E-state index in [0.29, 0.717) is 19.4 Å². The monoisotopic (exact) mass is 286 g/mol. The number of rotatable bonds is 1. The Morgan fingerprint density at radius 3 is 2.60 bits per heavy atom. The quantitative estimate of drug-likeness (QED) is 0.863. The van der Waals surface area contributed by atoms with Crippen LogP contribution < -0.4 is 5.32 Å². The Morgan fingerprint density at radius 1 is 1.25 bits per heavy atom. The minimum Gasteiger partial charge on any atom is -0.317 e. The molecule has 7 heteroatoms. The molecule has 0 atom stereocenters. The second kappa shape index (κ2) is 5.52. The maximum absolute atomic E-state index is 12.8. The van der Waals surface area contributed by atoms with Crippen LogP contribution in [0.25, 0.3) is 0 Å². The zero-order valence-electron chi connectivity index (χ0n) is 10.5. The molecule has 0 spiro atoms. The maximum atomic E-state index is 12.8. The van der Waals surface area contributed by atoms with E-state index in [0.717, 1.165) is 6.07 Å². The van der Waals surface area contributed by atoms with Crippen LogP contribution in [-0.2, 0) is 11.0 Å². The van der Waals surface area contributed by atoms with Gasteiger partial charge in [-0.3, -0.25) is 4.79 Å². The molecule has 4 nitrogen and oxygen atoms in total. The van der Waals surface area contributed by atoms with Crippen LogP contribution in [0.4, 0.5) is 23.7 Å². The van der Waals surface area contributed by atoms with E-state index in [-0.39, 0.29) is 18.0 Å². The van der Waals surface area contributed by atoms with E-state index in [1.807, 2.05) is 0 Å². The van der Waals surface area contributed by atoms with Crippen molar-refractivity contribution < 1.29 is 22.8 Å². The molecule has 108 valence electrons. The molecule has 2 rings (SSSR count). The maximum Gasteiger partial charge on any atom is 0.418 e. The Balaban J connectivity index is 2.14. The smallest absolute Gasteiger partial charge is 0.317 e. The number of Topliss-reactive ketones (excluding diaryl/α,β-unsaturated/α-hetero) is 1. The number of nitrogens with one attached hydrogen (secondary N) is 1. The van der Waals surface area contributed by atoms with Crippen LogP contribution in [-0.4, -0.2) is 29.8 Å². The number of hydrogen-bond donors (Lipinski definition) is 1. The molecule has 1 aromatic carbocycles. The van der Waals surface area contributed by atoms with Crippen molar-refractivity contribution in [3.05, 3.63) is 29.8 Å². The van der Waals surface area contributed by atoms with E-state index in [4.69, 9.17) is 0 Å². The lowest BCUT2D eigenvalue weighted by Crippen LogP contribution is -2.42. The van der Waals surface area contributed by atoms with Gasteiger partial charge in [0, 0.05) is 13.0 Å². The Kier molecular flexibility index (Phi) is 3.96. The lowest BCUT2D eigenvalue weighted by Gasteiger charge is -2.26. The van der Waals surface area contributed by atoms with E-state index >= 15 is 0 Å². The summed E-state index contributed by atoms with van der Waals surface area (Å²) in [4.78, 5) is 24.4. The largest absolute Gasteiger partial charge is 0.418 e. The molecule has 1 aliphatic rings. The summed E-state index contributed by atoms with van der Waals surface area (Å²) in [5.41, 5.74) is -1.21. The number of ketones is 1. The second-order valence-electron chi connectivity index (χ2n) is 4.54. The molecule has 1 N–H and O–H groups in total. The number of likely N-dealkylation sites (tertiary alicyclic amines) is 1. The van der Waals surface area contributed by atoms with Crippen molar-refractivity contribution in [2.24, 2.45) is 0 Å². The molecule has 0 saturated carbocycles. The third-order valence-corrected chi connectivity index (χ3v) is 3.01. The van der Waals surface area contributed by atoms with Gasteiger partial charge < -0.3 is 10.2 Å². The Labute approximate surface area is 113 Å². The number of carbonyl (C=O) groups excluding carboxylic acids is 2. The standard InChI is InChI=1S/C13H13F3N2O2/c14-13(15,16)10-5-1-2-6-11(10)17-12(20)18-7-3-4-9(19)8-18/h1-2,5-6H,3-4,7-8H2,(H,17,20). The number of urea groups is 1. The molecule has 1 aromatic rings. The van der Waals surface area contributed by atoms with Crippen LogP contribution in [0.2, 0.25) is 0 Å². The number of amides is 2. The summed E-state index contributed by atoms with van der Waals surface area (Å²) in [6.07, 6.45) is -3.60. The Morgan fingerprint density at radius 2 is 1.95 bits per heavy atom. The first-order valence-corrected chi connectivity index (χ1v) is 6.12. The highest BCUT2D eigenvalue weighted by molar-refractivity contribution is 5.94. The average molecular weight is 286 g/mol. The number of nitrogens with zero attached hydrogens (tertiary/aromatic N) is 1. The molecule has 0 radical (unpaired) electrons. The molecule has 2 amide bonds. The van der Waals surface area contributed by atoms with Crippen LogP contribution in [0.15, 0.2) is 24.3 Å². The van der Waals surface area contributed by atoms with Crippen molar-refractivity contribution in [2.75, 3.05) is 18.4 Å². The van der Waals surface area contributed by atoms with Crippen LogP contribution in [0.3, 0.4) is 0 Å². The zero-order chi connectivity index (χ0) is 14.8. The van der Waals surface area contributed by atoms with Gasteiger partial charge in [-0.25, -0.2) is 4.79 Å². The van der Waals surface area contributed by atoms with Crippen molar-refractivity contribution in [1.29, 1.82) is 0 Å². The number of alkyl halides is 3. The number of halogens is 3. The predicted molar refractivity (Wildman–Crippen MR) is 66.3 cm³/mol. The van der Waals surface area contributed by atoms with Gasteiger partial charge in [0.1, 0.15) is 0 Å². The van der Waals surface area contributed by atoms with Crippen LogP contribution in [0.1, 0.15) is 18.4 Å². The lowest BCUT2D eigenvalue weighted by atomic mass is 10.1. The van der Waals surface area contributed by atoms with Crippen molar-refractivity contribution in [3.63, 3.8) is 0 Å². The zero-order valence-corrected chi connectivity index (χ0v) is 10.5. The minimum atomic E-state index is -4.54. The van der Waals surface area contributed by atoms with Gasteiger partial charge in [0.25, 0.3) is 0 Å². The molecule has 0 unspecified atom stereocenters. The van der Waals surface area contributed by atoms with Gasteiger partial charge in [-0.2, -0.15) is 13.2 Å². The number of anilines is 1. The summed E-state index contributed by atoms with van der Waals surface area (Å²) in [7, 11) is 0. The molecule has 0 aromatic heterocycles. The Bertz CT molecular complexity index is 529. The summed E-state index contributed by atoms with van der Waals surface area (Å²) in [5.74, 6) is -0.0875. The van der Waals surface area contributed by atoms with Crippen molar-refractivity contribution in [1.82, 2.24) is 4.90 Å². The molecular formula is C13H13F3N2O2. The van der Waals surface area contributed by atoms with Crippen LogP contribution in [0.5, 0.6) is 0 Å². The highest BCUT2D eigenvalue weighted by Crippen LogP contribution is 2.34. The van der Waals surface area contributed by atoms with Gasteiger partial charge in [-0.15, -0.1) is 0 Å². The van der Waals surface area contributed by atoms with E-state index in [1.54, 1.807) is 0 Å². The third-order valence-electron chi connectivity index (χ3n) is 3.01. The van der Waals surface area contributed by atoms with Gasteiger partial charge in [-0.05, 0) is 18.6 Å². The van der Waals surface area contributed by atoms with Crippen molar-refractivity contribution >= 4 is 17.5 Å². The molecular weight excluding hydrogens is 273 g/mol. The number of piperidine rings is 1. The first-order valence-electron chi connectivity index (χ1n) is 6.12. The van der Waals surface area contributed by atoms with E-state index in [9.17, 15) is 22.8 Å².